The van der Waals surface area contributed by atoms with Crippen LogP contribution in [-0.4, -0.2) is 6.29 Å². The van der Waals surface area contributed by atoms with Crippen LogP contribution in [0.4, 0.5) is 0 Å². The number of carbonyl (C=O) groups excluding carboxylic acids is 1. The molecule has 1 nitrogen and oxygen atoms in total. The molecule has 0 bridgehead atoms. The highest BCUT2D eigenvalue weighted by atomic mass is 16.1. The quantitative estimate of drug-likeness (QED) is 0.637. The molecule has 0 amide bonds. The van der Waals surface area contributed by atoms with Crippen LogP contribution in [0.15, 0.2) is 36.4 Å². The molecule has 0 saturated heterocycles. The van der Waals surface area contributed by atoms with Gasteiger partial charge in [-0.25, -0.2) is 0 Å². The molecule has 0 saturated carbocycles. The Kier molecular flexibility index (Phi) is 1.72. The molecule has 0 atom stereocenters. The summed E-state index contributed by atoms with van der Waals surface area (Å²) in [6, 6.07) is 10.2. The topological polar surface area (TPSA) is 17.1 Å². The van der Waals surface area contributed by atoms with Gasteiger partial charge in [0.05, 0.1) is 0 Å². The molecule has 1 aliphatic rings. The zero-order valence-electron chi connectivity index (χ0n) is 8.23. The first-order valence-corrected chi connectivity index (χ1v) is 5.06. The standard InChI is InChI=1S/C14H10O/c15-9-10-7-12-5-1-3-11-4-2-6-13(8-10)14(11)12/h1-5,7-9H,6H2. The molecule has 15 heavy (non-hydrogen) atoms. The van der Waals surface area contributed by atoms with Crippen LogP contribution in [0.3, 0.4) is 0 Å². The average Bonchev–Trinajstić information content (AvgIpc) is 2.29. The molecule has 1 heteroatoms. The summed E-state index contributed by atoms with van der Waals surface area (Å²) >= 11 is 0. The highest BCUT2D eigenvalue weighted by Gasteiger charge is 2.09. The van der Waals surface area contributed by atoms with Gasteiger partial charge < -0.3 is 0 Å². The molecule has 2 aromatic carbocycles. The molecule has 0 heterocycles. The van der Waals surface area contributed by atoms with Crippen molar-refractivity contribution in [3.05, 3.63) is 53.1 Å². The lowest BCUT2D eigenvalue weighted by atomic mass is 9.91. The van der Waals surface area contributed by atoms with Crippen molar-refractivity contribution in [3.63, 3.8) is 0 Å². The van der Waals surface area contributed by atoms with Crippen LogP contribution in [0.2, 0.25) is 0 Å². The monoisotopic (exact) mass is 194 g/mol. The molecular formula is C14H10O. The Morgan fingerprint density at radius 3 is 3.00 bits per heavy atom. The Hall–Kier alpha value is -1.89. The van der Waals surface area contributed by atoms with Gasteiger partial charge in [0.25, 0.3) is 0 Å². The van der Waals surface area contributed by atoms with E-state index >= 15 is 0 Å². The second kappa shape index (κ2) is 3.06. The Morgan fingerprint density at radius 1 is 1.20 bits per heavy atom. The summed E-state index contributed by atoms with van der Waals surface area (Å²) in [6.07, 6.45) is 6.14. The normalized spacial score (nSPS) is 13.1. The third kappa shape index (κ3) is 1.20. The minimum absolute atomic E-state index is 0.768. The highest BCUT2D eigenvalue weighted by Crippen LogP contribution is 2.29. The molecule has 3 rings (SSSR count). The van der Waals surface area contributed by atoms with Crippen molar-refractivity contribution >= 4 is 23.1 Å². The maximum atomic E-state index is 10.8. The molecule has 72 valence electrons. The van der Waals surface area contributed by atoms with Gasteiger partial charge in [-0.3, -0.25) is 4.79 Å². The van der Waals surface area contributed by atoms with Gasteiger partial charge in [-0.2, -0.15) is 0 Å². The van der Waals surface area contributed by atoms with Crippen LogP contribution >= 0.6 is 0 Å². The molecule has 0 radical (unpaired) electrons. The van der Waals surface area contributed by atoms with Crippen molar-refractivity contribution in [1.82, 2.24) is 0 Å². The van der Waals surface area contributed by atoms with Gasteiger partial charge in [-0.15, -0.1) is 0 Å². The van der Waals surface area contributed by atoms with Crippen molar-refractivity contribution in [3.8, 4) is 0 Å². The Balaban J connectivity index is 2.47. The minimum Gasteiger partial charge on any atom is -0.298 e. The molecule has 1 aliphatic carbocycles. The van der Waals surface area contributed by atoms with Crippen LogP contribution in [-0.2, 0) is 6.42 Å². The van der Waals surface area contributed by atoms with Crippen molar-refractivity contribution in [2.45, 2.75) is 6.42 Å². The lowest BCUT2D eigenvalue weighted by Gasteiger charge is -2.12. The van der Waals surface area contributed by atoms with Gasteiger partial charge in [0, 0.05) is 5.56 Å². The predicted molar refractivity (Wildman–Crippen MR) is 62.1 cm³/mol. The lowest BCUT2D eigenvalue weighted by Crippen LogP contribution is -1.94. The SMILES string of the molecule is O=Cc1cc2c3c(cccc3c1)C=CC2. The number of carbonyl (C=O) groups is 1. The molecule has 0 unspecified atom stereocenters. The zero-order valence-corrected chi connectivity index (χ0v) is 8.23. The Bertz CT molecular complexity index is 579. The fraction of sp³-hybridized carbons (Fsp3) is 0.0714. The first-order chi connectivity index (χ1) is 7.38. The van der Waals surface area contributed by atoms with Crippen LogP contribution in [0.5, 0.6) is 0 Å². The van der Waals surface area contributed by atoms with Crippen molar-refractivity contribution in [1.29, 1.82) is 0 Å². The van der Waals surface area contributed by atoms with E-state index in [2.05, 4.69) is 24.3 Å². The fourth-order valence-corrected chi connectivity index (χ4v) is 2.26. The van der Waals surface area contributed by atoms with E-state index in [0.717, 1.165) is 23.7 Å². The molecular weight excluding hydrogens is 184 g/mol. The van der Waals surface area contributed by atoms with E-state index < -0.39 is 0 Å². The van der Waals surface area contributed by atoms with E-state index in [4.69, 9.17) is 0 Å². The summed E-state index contributed by atoms with van der Waals surface area (Å²) in [7, 11) is 0. The van der Waals surface area contributed by atoms with Crippen LogP contribution in [0.25, 0.3) is 16.8 Å². The maximum absolute atomic E-state index is 10.8. The summed E-state index contributed by atoms with van der Waals surface area (Å²) in [4.78, 5) is 10.8. The number of hydrogen-bond acceptors (Lipinski definition) is 1. The van der Waals surface area contributed by atoms with Crippen molar-refractivity contribution in [2.24, 2.45) is 0 Å². The summed E-state index contributed by atoms with van der Waals surface area (Å²) in [5, 5.41) is 2.46. The largest absolute Gasteiger partial charge is 0.298 e. The van der Waals surface area contributed by atoms with Gasteiger partial charge in [0.2, 0.25) is 0 Å². The summed E-state index contributed by atoms with van der Waals surface area (Å²) in [6.45, 7) is 0. The molecule has 0 aliphatic heterocycles. The molecule has 0 fully saturated rings. The number of aldehydes is 1. The minimum atomic E-state index is 0.768. The second-order valence-corrected chi connectivity index (χ2v) is 3.85. The van der Waals surface area contributed by atoms with Gasteiger partial charge in [0.15, 0.2) is 0 Å². The summed E-state index contributed by atoms with van der Waals surface area (Å²) < 4.78 is 0. The summed E-state index contributed by atoms with van der Waals surface area (Å²) in [5.74, 6) is 0. The number of benzene rings is 2. The number of allylic oxidation sites excluding steroid dienone is 1. The predicted octanol–water partition coefficient (Wildman–Crippen LogP) is 3.22. The van der Waals surface area contributed by atoms with Crippen molar-refractivity contribution < 1.29 is 4.79 Å². The van der Waals surface area contributed by atoms with E-state index in [9.17, 15) is 4.79 Å². The van der Waals surface area contributed by atoms with Gasteiger partial charge in [-0.05, 0) is 40.5 Å². The first-order valence-electron chi connectivity index (χ1n) is 5.06. The Labute approximate surface area is 88.0 Å². The van der Waals surface area contributed by atoms with Gasteiger partial charge in [0.1, 0.15) is 6.29 Å². The van der Waals surface area contributed by atoms with E-state index in [1.54, 1.807) is 0 Å². The molecule has 2 aromatic rings. The van der Waals surface area contributed by atoms with Crippen LogP contribution < -0.4 is 0 Å². The van der Waals surface area contributed by atoms with Crippen molar-refractivity contribution in [2.75, 3.05) is 0 Å². The average molecular weight is 194 g/mol. The highest BCUT2D eigenvalue weighted by molar-refractivity contribution is 5.98. The molecule has 0 spiro atoms. The Morgan fingerprint density at radius 2 is 2.13 bits per heavy atom. The fourth-order valence-electron chi connectivity index (χ4n) is 2.26. The third-order valence-corrected chi connectivity index (χ3v) is 2.88. The smallest absolute Gasteiger partial charge is 0.150 e. The molecule has 0 aromatic heterocycles. The summed E-state index contributed by atoms with van der Waals surface area (Å²) in [5.41, 5.74) is 3.28. The van der Waals surface area contributed by atoms with Crippen LogP contribution in [0.1, 0.15) is 21.5 Å². The number of hydrogen-bond donors (Lipinski definition) is 0. The number of rotatable bonds is 1. The maximum Gasteiger partial charge on any atom is 0.150 e. The molecule has 0 N–H and O–H groups in total. The van der Waals surface area contributed by atoms with Gasteiger partial charge >= 0.3 is 0 Å². The van der Waals surface area contributed by atoms with E-state index in [1.165, 1.54) is 16.5 Å². The lowest BCUT2D eigenvalue weighted by molar-refractivity contribution is 0.112. The second-order valence-electron chi connectivity index (χ2n) is 3.85. The first kappa shape index (κ1) is 8.42. The third-order valence-electron chi connectivity index (χ3n) is 2.88. The van der Waals surface area contributed by atoms with Gasteiger partial charge in [-0.1, -0.05) is 30.4 Å². The van der Waals surface area contributed by atoms with E-state index in [1.807, 2.05) is 18.2 Å². The van der Waals surface area contributed by atoms with Crippen LogP contribution in [0, 0.1) is 0 Å². The van der Waals surface area contributed by atoms with E-state index in [0.29, 0.717) is 0 Å². The van der Waals surface area contributed by atoms with E-state index in [-0.39, 0.29) is 0 Å². The zero-order chi connectivity index (χ0) is 10.3.